The molecule has 1 fully saturated rings. The second-order valence-electron chi connectivity index (χ2n) is 7.43. The van der Waals surface area contributed by atoms with Crippen LogP contribution in [0.3, 0.4) is 0 Å². The lowest BCUT2D eigenvalue weighted by molar-refractivity contribution is -0.165. The molecule has 2 aromatic rings. The molecule has 0 saturated carbocycles. The number of fused-ring (bicyclic) bond motifs is 1. The first-order valence-electron chi connectivity index (χ1n) is 10.0. The van der Waals surface area contributed by atoms with Crippen molar-refractivity contribution >= 4 is 28.7 Å². The van der Waals surface area contributed by atoms with Crippen molar-refractivity contribution in [1.29, 1.82) is 0 Å². The highest BCUT2D eigenvalue weighted by Gasteiger charge is 2.62. The third kappa shape index (κ3) is 3.77. The summed E-state index contributed by atoms with van der Waals surface area (Å²) in [6.07, 6.45) is 0. The van der Waals surface area contributed by atoms with Crippen LogP contribution in [0, 0.1) is 11.8 Å². The number of rotatable bonds is 6. The van der Waals surface area contributed by atoms with Gasteiger partial charge in [0.1, 0.15) is 11.5 Å². The van der Waals surface area contributed by atoms with Crippen molar-refractivity contribution in [2.24, 2.45) is 11.8 Å². The Kier molecular flexibility index (Phi) is 6.41. The van der Waals surface area contributed by atoms with Gasteiger partial charge in [-0.25, -0.2) is 0 Å². The monoisotopic (exact) mass is 413 g/mol. The summed E-state index contributed by atoms with van der Waals surface area (Å²) in [5, 5.41) is 5.23. The van der Waals surface area contributed by atoms with Gasteiger partial charge in [-0.3, -0.25) is 19.7 Å². The van der Waals surface area contributed by atoms with Crippen molar-refractivity contribution in [1.82, 2.24) is 5.32 Å². The molecule has 1 N–H and O–H groups in total. The molecule has 1 saturated heterocycles. The first-order chi connectivity index (χ1) is 14.4. The van der Waals surface area contributed by atoms with Gasteiger partial charge in [-0.05, 0) is 43.2 Å². The molecule has 30 heavy (non-hydrogen) atoms. The Labute approximate surface area is 175 Å². The second kappa shape index (κ2) is 8.83. The molecule has 7 nitrogen and oxygen atoms in total. The molecule has 0 spiro atoms. The number of benzene rings is 2. The van der Waals surface area contributed by atoms with E-state index in [1.165, 1.54) is 7.11 Å². The van der Waals surface area contributed by atoms with Crippen molar-refractivity contribution in [2.75, 3.05) is 20.3 Å². The van der Waals surface area contributed by atoms with Gasteiger partial charge < -0.3 is 14.2 Å². The van der Waals surface area contributed by atoms with E-state index in [9.17, 15) is 14.4 Å². The van der Waals surface area contributed by atoms with Crippen molar-refractivity contribution in [3.8, 4) is 0 Å². The predicted octanol–water partition coefficient (Wildman–Crippen LogP) is 2.77. The minimum atomic E-state index is -1.45. The molecule has 3 rings (SSSR count). The number of hydrogen-bond acceptors (Lipinski definition) is 7. The molecule has 1 aliphatic rings. The maximum Gasteiger partial charge on any atom is 0.326 e. The fraction of sp³-hybridized carbons (Fsp3) is 0.435. The second-order valence-corrected chi connectivity index (χ2v) is 7.43. The van der Waals surface area contributed by atoms with Crippen molar-refractivity contribution in [3.05, 3.63) is 48.0 Å². The average Bonchev–Trinajstić information content (AvgIpc) is 3.07. The zero-order chi connectivity index (χ0) is 21.9. The predicted molar refractivity (Wildman–Crippen MR) is 110 cm³/mol. The number of ether oxygens (including phenoxy) is 3. The summed E-state index contributed by atoms with van der Waals surface area (Å²) in [4.78, 5) is 38.6. The number of carbonyl (C=O) groups excluding carboxylic acids is 3. The molecule has 160 valence electrons. The zero-order valence-corrected chi connectivity index (χ0v) is 17.6. The van der Waals surface area contributed by atoms with E-state index < -0.39 is 41.3 Å². The van der Waals surface area contributed by atoms with E-state index in [0.717, 1.165) is 16.3 Å². The van der Waals surface area contributed by atoms with E-state index in [2.05, 4.69) is 5.32 Å². The molecule has 0 aliphatic carbocycles. The van der Waals surface area contributed by atoms with Crippen LogP contribution < -0.4 is 5.32 Å². The first kappa shape index (κ1) is 21.8. The number of carbonyl (C=O) groups is 3. The van der Waals surface area contributed by atoms with Gasteiger partial charge in [0.15, 0.2) is 0 Å². The molecule has 2 aromatic carbocycles. The molecular weight excluding hydrogens is 386 g/mol. The average molecular weight is 413 g/mol. The molecule has 0 bridgehead atoms. The van der Waals surface area contributed by atoms with Gasteiger partial charge in [-0.1, -0.05) is 36.4 Å². The minimum Gasteiger partial charge on any atom is -0.468 e. The van der Waals surface area contributed by atoms with Crippen molar-refractivity contribution in [2.45, 2.75) is 32.4 Å². The molecule has 0 amide bonds. The quantitative estimate of drug-likeness (QED) is 0.575. The van der Waals surface area contributed by atoms with Gasteiger partial charge in [0, 0.05) is 6.04 Å². The third-order valence-corrected chi connectivity index (χ3v) is 5.64. The molecule has 0 unspecified atom stereocenters. The summed E-state index contributed by atoms with van der Waals surface area (Å²) >= 11 is 0. The Morgan fingerprint density at radius 3 is 2.23 bits per heavy atom. The fourth-order valence-corrected chi connectivity index (χ4v) is 4.27. The summed E-state index contributed by atoms with van der Waals surface area (Å²) in [5.41, 5.74) is -0.678. The smallest absolute Gasteiger partial charge is 0.326 e. The summed E-state index contributed by atoms with van der Waals surface area (Å²) in [6.45, 7) is 5.22. The Morgan fingerprint density at radius 2 is 1.60 bits per heavy atom. The van der Waals surface area contributed by atoms with Crippen molar-refractivity contribution < 1.29 is 28.6 Å². The van der Waals surface area contributed by atoms with E-state index in [1.807, 2.05) is 42.5 Å². The molecule has 0 radical (unpaired) electrons. The number of methoxy groups -OCH3 is 1. The first-order valence-corrected chi connectivity index (χ1v) is 10.0. The minimum absolute atomic E-state index is 0.128. The van der Waals surface area contributed by atoms with Gasteiger partial charge >= 0.3 is 17.9 Å². The Balaban J connectivity index is 2.14. The number of hydrogen-bond donors (Lipinski definition) is 1. The van der Waals surface area contributed by atoms with Crippen LogP contribution in [0.5, 0.6) is 0 Å². The summed E-state index contributed by atoms with van der Waals surface area (Å²) in [5.74, 6) is -3.89. The zero-order valence-electron chi connectivity index (χ0n) is 17.6. The van der Waals surface area contributed by atoms with Crippen LogP contribution in [0.2, 0.25) is 0 Å². The van der Waals surface area contributed by atoms with Crippen LogP contribution in [0.1, 0.15) is 32.4 Å². The molecule has 7 heteroatoms. The highest BCUT2D eigenvalue weighted by Crippen LogP contribution is 2.45. The van der Waals surface area contributed by atoms with E-state index in [0.29, 0.717) is 0 Å². The van der Waals surface area contributed by atoms with Gasteiger partial charge in [-0.15, -0.1) is 0 Å². The lowest BCUT2D eigenvalue weighted by Gasteiger charge is -2.28. The van der Waals surface area contributed by atoms with Gasteiger partial charge in [0.05, 0.1) is 26.2 Å². The summed E-state index contributed by atoms with van der Waals surface area (Å²) in [6, 6.07) is 13.0. The fourth-order valence-electron chi connectivity index (χ4n) is 4.27. The largest absolute Gasteiger partial charge is 0.468 e. The van der Waals surface area contributed by atoms with Gasteiger partial charge in [0.25, 0.3) is 0 Å². The standard InChI is InChI=1S/C23H27NO6/c1-5-29-20(25)17-18(21(26)30-6-2)23(3,22(27)28-4)24-19(17)16-12-11-14-9-7-8-10-15(14)13-16/h7-13,17-19,24H,5-6H2,1-4H3/t17-,18-,19-,23-/m0/s1. The topological polar surface area (TPSA) is 90.9 Å². The van der Waals surface area contributed by atoms with Gasteiger partial charge in [0.2, 0.25) is 0 Å². The SMILES string of the molecule is CCOC(=O)[C@H]1[C@@H](C(=O)OCC)[C@@](C)(C(=O)OC)N[C@H]1c1ccc2ccccc2c1. The summed E-state index contributed by atoms with van der Waals surface area (Å²) in [7, 11) is 1.25. The van der Waals surface area contributed by atoms with Crippen LogP contribution in [0.4, 0.5) is 0 Å². The van der Waals surface area contributed by atoms with Crippen LogP contribution in [-0.2, 0) is 28.6 Å². The third-order valence-electron chi connectivity index (χ3n) is 5.64. The number of esters is 3. The molecule has 0 aromatic heterocycles. The van der Waals surface area contributed by atoms with E-state index in [-0.39, 0.29) is 13.2 Å². The van der Waals surface area contributed by atoms with E-state index in [1.54, 1.807) is 20.8 Å². The normalized spacial score (nSPS) is 25.7. The van der Waals surface area contributed by atoms with E-state index >= 15 is 0 Å². The molecule has 1 heterocycles. The highest BCUT2D eigenvalue weighted by molar-refractivity contribution is 5.94. The van der Waals surface area contributed by atoms with E-state index in [4.69, 9.17) is 14.2 Å². The lowest BCUT2D eigenvalue weighted by Crippen LogP contribution is -2.53. The highest BCUT2D eigenvalue weighted by atomic mass is 16.5. The maximum atomic E-state index is 13.0. The Hall–Kier alpha value is -2.93. The molecular formula is C23H27NO6. The van der Waals surface area contributed by atoms with Crippen LogP contribution in [0.25, 0.3) is 10.8 Å². The van der Waals surface area contributed by atoms with Crippen LogP contribution in [-0.4, -0.2) is 43.8 Å². The van der Waals surface area contributed by atoms with Crippen LogP contribution in [0.15, 0.2) is 42.5 Å². The Morgan fingerprint density at radius 1 is 0.967 bits per heavy atom. The van der Waals surface area contributed by atoms with Gasteiger partial charge in [-0.2, -0.15) is 0 Å². The summed E-state index contributed by atoms with van der Waals surface area (Å²) < 4.78 is 15.5. The number of nitrogens with one attached hydrogen (secondary N) is 1. The van der Waals surface area contributed by atoms with Crippen molar-refractivity contribution in [3.63, 3.8) is 0 Å². The molecule has 4 atom stereocenters. The maximum absolute atomic E-state index is 13.0. The lowest BCUT2D eigenvalue weighted by atomic mass is 9.78. The van der Waals surface area contributed by atoms with Crippen LogP contribution >= 0.6 is 0 Å². The Bertz CT molecular complexity index is 958. The molecule has 1 aliphatic heterocycles.